The van der Waals surface area contributed by atoms with Crippen LogP contribution in [0.4, 0.5) is 14.6 Å². The lowest BCUT2D eigenvalue weighted by atomic mass is 10.4. The molecule has 0 atom stereocenters. The van der Waals surface area contributed by atoms with E-state index >= 15 is 0 Å². The standard InChI is InChI=1S/C4H6F2N4.ClH/c1-10-2(3(5)6)4(7)8-9-10;/h3H,7H2,1H3;1H. The molecule has 0 aliphatic carbocycles. The van der Waals surface area contributed by atoms with Crippen LogP contribution in [-0.2, 0) is 7.05 Å². The van der Waals surface area contributed by atoms with Gasteiger partial charge in [-0.2, -0.15) is 0 Å². The highest BCUT2D eigenvalue weighted by Gasteiger charge is 2.17. The van der Waals surface area contributed by atoms with E-state index in [0.29, 0.717) is 0 Å². The molecule has 1 aromatic rings. The minimum absolute atomic E-state index is 0. The van der Waals surface area contributed by atoms with Gasteiger partial charge in [-0.15, -0.1) is 17.5 Å². The van der Waals surface area contributed by atoms with Gasteiger partial charge in [0.1, 0.15) is 5.69 Å². The zero-order chi connectivity index (χ0) is 7.72. The lowest BCUT2D eigenvalue weighted by molar-refractivity contribution is 0.141. The fourth-order valence-electron chi connectivity index (χ4n) is 0.633. The molecule has 0 spiro atoms. The highest BCUT2D eigenvalue weighted by molar-refractivity contribution is 5.85. The van der Waals surface area contributed by atoms with E-state index in [1.807, 2.05) is 0 Å². The van der Waals surface area contributed by atoms with Gasteiger partial charge in [0.25, 0.3) is 6.43 Å². The van der Waals surface area contributed by atoms with E-state index in [-0.39, 0.29) is 23.9 Å². The highest BCUT2D eigenvalue weighted by atomic mass is 35.5. The molecule has 1 rings (SSSR count). The molecule has 0 saturated heterocycles. The first-order valence-corrected chi connectivity index (χ1v) is 2.56. The zero-order valence-electron chi connectivity index (χ0n) is 5.66. The Balaban J connectivity index is 0.000001000. The normalized spacial score (nSPS) is 9.82. The van der Waals surface area contributed by atoms with Crippen molar-refractivity contribution in [2.75, 3.05) is 5.73 Å². The number of anilines is 1. The summed E-state index contributed by atoms with van der Waals surface area (Å²) in [7, 11) is 1.37. The van der Waals surface area contributed by atoms with Crippen LogP contribution in [0.3, 0.4) is 0 Å². The Hall–Kier alpha value is -0.910. The molecule has 0 fully saturated rings. The first kappa shape index (κ1) is 10.1. The van der Waals surface area contributed by atoms with Crippen molar-refractivity contribution in [3.05, 3.63) is 5.69 Å². The number of aryl methyl sites for hydroxylation is 1. The summed E-state index contributed by atoms with van der Waals surface area (Å²) < 4.78 is 24.8. The summed E-state index contributed by atoms with van der Waals surface area (Å²) in [5, 5.41) is 6.55. The topological polar surface area (TPSA) is 56.7 Å². The molecule has 1 aromatic heterocycles. The summed E-state index contributed by atoms with van der Waals surface area (Å²) in [6.07, 6.45) is -2.61. The van der Waals surface area contributed by atoms with Crippen LogP contribution in [0.15, 0.2) is 0 Å². The Morgan fingerprint density at radius 1 is 1.55 bits per heavy atom. The first-order chi connectivity index (χ1) is 4.63. The van der Waals surface area contributed by atoms with Crippen LogP contribution in [-0.4, -0.2) is 15.0 Å². The number of alkyl halides is 2. The minimum atomic E-state index is -2.61. The molecule has 64 valence electrons. The van der Waals surface area contributed by atoms with E-state index in [1.165, 1.54) is 7.05 Å². The van der Waals surface area contributed by atoms with E-state index in [9.17, 15) is 8.78 Å². The van der Waals surface area contributed by atoms with Gasteiger partial charge < -0.3 is 5.73 Å². The van der Waals surface area contributed by atoms with E-state index in [0.717, 1.165) is 4.68 Å². The third kappa shape index (κ3) is 1.76. The Labute approximate surface area is 67.8 Å². The second-order valence-electron chi connectivity index (χ2n) is 1.78. The van der Waals surface area contributed by atoms with Crippen LogP contribution in [0.2, 0.25) is 0 Å². The number of nitrogens with two attached hydrogens (primary N) is 1. The van der Waals surface area contributed by atoms with Crippen LogP contribution in [0, 0.1) is 0 Å². The van der Waals surface area contributed by atoms with Gasteiger partial charge in [-0.3, -0.25) is 0 Å². The van der Waals surface area contributed by atoms with Crippen molar-refractivity contribution in [2.45, 2.75) is 6.43 Å². The Kier molecular flexibility index (Phi) is 3.18. The number of halogens is 3. The quantitative estimate of drug-likeness (QED) is 0.701. The molecule has 11 heavy (non-hydrogen) atoms. The number of nitrogens with zero attached hydrogens (tertiary/aromatic N) is 3. The maximum absolute atomic E-state index is 11.9. The summed E-state index contributed by atoms with van der Waals surface area (Å²) in [5.41, 5.74) is 4.73. The molecule has 7 heteroatoms. The Bertz CT molecular complexity index is 216. The average Bonchev–Trinajstić information content (AvgIpc) is 2.11. The van der Waals surface area contributed by atoms with Crippen molar-refractivity contribution in [2.24, 2.45) is 7.05 Å². The molecule has 0 saturated carbocycles. The van der Waals surface area contributed by atoms with Crippen molar-refractivity contribution >= 4 is 18.2 Å². The monoisotopic (exact) mass is 184 g/mol. The van der Waals surface area contributed by atoms with E-state index in [1.54, 1.807) is 0 Å². The van der Waals surface area contributed by atoms with Crippen molar-refractivity contribution in [1.82, 2.24) is 15.0 Å². The SMILES string of the molecule is Cl.Cn1nnc(N)c1C(F)F. The van der Waals surface area contributed by atoms with Gasteiger partial charge >= 0.3 is 0 Å². The van der Waals surface area contributed by atoms with Gasteiger partial charge in [0, 0.05) is 7.05 Å². The number of rotatable bonds is 1. The van der Waals surface area contributed by atoms with Gasteiger partial charge in [-0.1, -0.05) is 5.21 Å². The molecule has 0 aromatic carbocycles. The first-order valence-electron chi connectivity index (χ1n) is 2.56. The summed E-state index contributed by atoms with van der Waals surface area (Å²) in [4.78, 5) is 0. The number of hydrogen-bond donors (Lipinski definition) is 1. The second kappa shape index (κ2) is 3.47. The summed E-state index contributed by atoms with van der Waals surface area (Å²) >= 11 is 0. The lowest BCUT2D eigenvalue weighted by Crippen LogP contribution is -2.00. The average molecular weight is 185 g/mol. The summed E-state index contributed by atoms with van der Waals surface area (Å²) in [5.74, 6) is -0.211. The Morgan fingerprint density at radius 2 is 2.09 bits per heavy atom. The number of hydrogen-bond acceptors (Lipinski definition) is 3. The smallest absolute Gasteiger partial charge is 0.283 e. The molecule has 0 radical (unpaired) electrons. The Morgan fingerprint density at radius 3 is 2.27 bits per heavy atom. The molecule has 0 aliphatic rings. The van der Waals surface area contributed by atoms with Gasteiger partial charge in [-0.05, 0) is 0 Å². The van der Waals surface area contributed by atoms with Crippen LogP contribution in [0.25, 0.3) is 0 Å². The van der Waals surface area contributed by atoms with Crippen LogP contribution in [0.1, 0.15) is 12.1 Å². The van der Waals surface area contributed by atoms with Gasteiger partial charge in [0.15, 0.2) is 5.82 Å². The molecular weight excluding hydrogens is 178 g/mol. The van der Waals surface area contributed by atoms with Gasteiger partial charge in [0.05, 0.1) is 0 Å². The molecule has 0 aliphatic heterocycles. The maximum Gasteiger partial charge on any atom is 0.283 e. The zero-order valence-corrected chi connectivity index (χ0v) is 6.48. The lowest BCUT2D eigenvalue weighted by Gasteiger charge is -1.97. The number of nitrogen functional groups attached to an aromatic ring is 1. The van der Waals surface area contributed by atoms with Crippen molar-refractivity contribution in [3.8, 4) is 0 Å². The fourth-order valence-corrected chi connectivity index (χ4v) is 0.633. The molecule has 0 unspecified atom stereocenters. The van der Waals surface area contributed by atoms with Gasteiger partial charge in [0.2, 0.25) is 0 Å². The molecule has 0 bridgehead atoms. The number of aromatic nitrogens is 3. The predicted molar refractivity (Wildman–Crippen MR) is 37.6 cm³/mol. The van der Waals surface area contributed by atoms with E-state index in [2.05, 4.69) is 10.3 Å². The van der Waals surface area contributed by atoms with Gasteiger partial charge in [-0.25, -0.2) is 13.5 Å². The third-order valence-corrected chi connectivity index (χ3v) is 1.10. The van der Waals surface area contributed by atoms with E-state index < -0.39 is 6.43 Å². The molecule has 1 heterocycles. The molecular formula is C4H7ClF2N4. The molecule has 4 nitrogen and oxygen atoms in total. The second-order valence-corrected chi connectivity index (χ2v) is 1.78. The molecule has 0 amide bonds. The third-order valence-electron chi connectivity index (χ3n) is 1.10. The van der Waals surface area contributed by atoms with Crippen molar-refractivity contribution in [1.29, 1.82) is 0 Å². The fraction of sp³-hybridized carbons (Fsp3) is 0.500. The largest absolute Gasteiger partial charge is 0.380 e. The van der Waals surface area contributed by atoms with Crippen LogP contribution in [0.5, 0.6) is 0 Å². The maximum atomic E-state index is 11.9. The highest BCUT2D eigenvalue weighted by Crippen LogP contribution is 2.21. The summed E-state index contributed by atoms with van der Waals surface area (Å²) in [6, 6.07) is 0. The minimum Gasteiger partial charge on any atom is -0.380 e. The van der Waals surface area contributed by atoms with Crippen molar-refractivity contribution in [3.63, 3.8) is 0 Å². The molecule has 2 N–H and O–H groups in total. The summed E-state index contributed by atoms with van der Waals surface area (Å²) in [6.45, 7) is 0. The predicted octanol–water partition coefficient (Wildman–Crippen LogP) is 0.757. The van der Waals surface area contributed by atoms with E-state index in [4.69, 9.17) is 5.73 Å². The van der Waals surface area contributed by atoms with Crippen LogP contribution < -0.4 is 5.73 Å². The van der Waals surface area contributed by atoms with Crippen LogP contribution >= 0.6 is 12.4 Å². The van der Waals surface area contributed by atoms with Crippen molar-refractivity contribution < 1.29 is 8.78 Å².